The van der Waals surface area contributed by atoms with Gasteiger partial charge in [0.2, 0.25) is 0 Å². The first-order chi connectivity index (χ1) is 8.52. The van der Waals surface area contributed by atoms with E-state index in [1.165, 1.54) is 18.2 Å². The molecule has 0 aromatic heterocycles. The van der Waals surface area contributed by atoms with Crippen LogP contribution in [-0.2, 0) is 0 Å². The summed E-state index contributed by atoms with van der Waals surface area (Å²) in [6.07, 6.45) is 0. The molecule has 0 radical (unpaired) electrons. The highest BCUT2D eigenvalue weighted by molar-refractivity contribution is 14.1. The lowest BCUT2D eigenvalue weighted by atomic mass is 9.99. The van der Waals surface area contributed by atoms with E-state index < -0.39 is 0 Å². The smallest absolute Gasteiger partial charge is 0.192 e. The van der Waals surface area contributed by atoms with E-state index in [2.05, 4.69) is 0 Å². The van der Waals surface area contributed by atoms with Gasteiger partial charge in [-0.1, -0.05) is 6.07 Å². The van der Waals surface area contributed by atoms with Crippen LogP contribution in [0.3, 0.4) is 0 Å². The molecule has 0 unspecified atom stereocenters. The maximum atomic E-state index is 9.64. The molecule has 94 valence electrons. The van der Waals surface area contributed by atoms with Gasteiger partial charge in [0.1, 0.15) is 11.5 Å². The summed E-state index contributed by atoms with van der Waals surface area (Å²) in [6.45, 7) is 1.85. The van der Waals surface area contributed by atoms with Crippen molar-refractivity contribution >= 4 is 23.0 Å². The molecule has 3 N–H and O–H groups in total. The topological polar surface area (TPSA) is 69.9 Å². The molecule has 0 saturated heterocycles. The summed E-state index contributed by atoms with van der Waals surface area (Å²) < 4.78 is 5.14. The second-order valence-corrected chi connectivity index (χ2v) is 4.34. The zero-order valence-corrected chi connectivity index (χ0v) is 11.7. The Morgan fingerprint density at radius 2 is 1.72 bits per heavy atom. The van der Waals surface area contributed by atoms with E-state index in [-0.39, 0.29) is 17.2 Å². The number of phenolic OH excluding ortho intramolecular Hbond substituents is 3. The minimum Gasteiger partial charge on any atom is -0.508 e. The number of aromatic hydroxyl groups is 3. The van der Waals surface area contributed by atoms with E-state index in [1.807, 2.05) is 6.92 Å². The van der Waals surface area contributed by atoms with Crippen molar-refractivity contribution in [3.8, 4) is 34.1 Å². The summed E-state index contributed by atoms with van der Waals surface area (Å²) in [7, 11) is 0. The lowest BCUT2D eigenvalue weighted by molar-refractivity contribution is 0.404. The third-order valence-electron chi connectivity index (χ3n) is 2.71. The van der Waals surface area contributed by atoms with Crippen LogP contribution >= 0.6 is 23.0 Å². The third kappa shape index (κ3) is 2.31. The number of benzene rings is 2. The van der Waals surface area contributed by atoms with E-state index in [9.17, 15) is 15.3 Å². The van der Waals surface area contributed by atoms with Crippen molar-refractivity contribution in [3.63, 3.8) is 0 Å². The number of rotatable bonds is 2. The Morgan fingerprint density at radius 1 is 1.00 bits per heavy atom. The fraction of sp³-hybridized carbons (Fsp3) is 0.0769. The van der Waals surface area contributed by atoms with E-state index in [0.717, 1.165) is 11.1 Å². The molecular formula is C13H11IO4. The second kappa shape index (κ2) is 4.93. The van der Waals surface area contributed by atoms with Crippen molar-refractivity contribution in [1.29, 1.82) is 0 Å². The molecular weight excluding hydrogens is 347 g/mol. The van der Waals surface area contributed by atoms with Gasteiger partial charge in [0.05, 0.1) is 0 Å². The van der Waals surface area contributed by atoms with Crippen LogP contribution in [0.15, 0.2) is 30.3 Å². The fourth-order valence-electron chi connectivity index (χ4n) is 1.74. The van der Waals surface area contributed by atoms with Gasteiger partial charge in [-0.05, 0) is 36.2 Å². The average Bonchev–Trinajstić information content (AvgIpc) is 2.35. The Balaban J connectivity index is 2.63. The molecule has 0 saturated carbocycles. The molecule has 5 heteroatoms. The molecule has 0 amide bonds. The normalized spacial score (nSPS) is 10.3. The van der Waals surface area contributed by atoms with Gasteiger partial charge in [-0.15, -0.1) is 0 Å². The summed E-state index contributed by atoms with van der Waals surface area (Å²) in [6, 6.07) is 7.60. The highest BCUT2D eigenvalue weighted by Crippen LogP contribution is 2.37. The molecule has 0 fully saturated rings. The van der Waals surface area contributed by atoms with Crippen LogP contribution in [-0.4, -0.2) is 15.3 Å². The van der Waals surface area contributed by atoms with Crippen molar-refractivity contribution in [2.24, 2.45) is 0 Å². The lowest BCUT2D eigenvalue weighted by Gasteiger charge is -2.11. The SMILES string of the molecule is Cc1c(OI)cc(O)cc1-c1ccc(O)c(O)c1. The van der Waals surface area contributed by atoms with Gasteiger partial charge in [-0.3, -0.25) is 0 Å². The van der Waals surface area contributed by atoms with Crippen LogP contribution in [0, 0.1) is 6.92 Å². The number of hydrogen-bond donors (Lipinski definition) is 3. The highest BCUT2D eigenvalue weighted by Gasteiger charge is 2.11. The zero-order chi connectivity index (χ0) is 13.3. The van der Waals surface area contributed by atoms with Crippen molar-refractivity contribution in [3.05, 3.63) is 35.9 Å². The van der Waals surface area contributed by atoms with Gasteiger partial charge in [-0.2, -0.15) is 0 Å². The predicted molar refractivity (Wildman–Crippen MR) is 76.3 cm³/mol. The maximum Gasteiger partial charge on any atom is 0.192 e. The Hall–Kier alpha value is -1.63. The van der Waals surface area contributed by atoms with Crippen molar-refractivity contribution in [1.82, 2.24) is 0 Å². The Kier molecular flexibility index (Phi) is 3.51. The molecule has 0 aliphatic carbocycles. The molecule has 18 heavy (non-hydrogen) atoms. The van der Waals surface area contributed by atoms with Gasteiger partial charge < -0.3 is 18.4 Å². The first kappa shape index (κ1) is 12.8. The van der Waals surface area contributed by atoms with Crippen molar-refractivity contribution in [2.75, 3.05) is 0 Å². The maximum absolute atomic E-state index is 9.64. The molecule has 2 aromatic carbocycles. The summed E-state index contributed by atoms with van der Waals surface area (Å²) >= 11 is 1.74. The van der Waals surface area contributed by atoms with Gasteiger partial charge in [0.15, 0.2) is 34.5 Å². The van der Waals surface area contributed by atoms with Gasteiger partial charge in [0.25, 0.3) is 0 Å². The van der Waals surface area contributed by atoms with Crippen LogP contribution in [0.5, 0.6) is 23.0 Å². The number of hydrogen-bond acceptors (Lipinski definition) is 4. The van der Waals surface area contributed by atoms with Gasteiger partial charge >= 0.3 is 0 Å². The molecule has 2 aromatic rings. The Bertz CT molecular complexity index is 596. The first-order valence-corrected chi connectivity index (χ1v) is 6.05. The Morgan fingerprint density at radius 3 is 2.33 bits per heavy atom. The third-order valence-corrected chi connectivity index (χ3v) is 3.19. The quantitative estimate of drug-likeness (QED) is 0.568. The minimum atomic E-state index is -0.202. The number of phenols is 3. The van der Waals surface area contributed by atoms with Crippen LogP contribution in [0.2, 0.25) is 0 Å². The van der Waals surface area contributed by atoms with E-state index in [0.29, 0.717) is 11.3 Å². The second-order valence-electron chi connectivity index (χ2n) is 3.90. The summed E-state index contributed by atoms with van der Waals surface area (Å²) in [5, 5.41) is 28.4. The highest BCUT2D eigenvalue weighted by atomic mass is 127. The molecule has 4 nitrogen and oxygen atoms in total. The van der Waals surface area contributed by atoms with Gasteiger partial charge in [0, 0.05) is 11.6 Å². The summed E-state index contributed by atoms with van der Waals surface area (Å²) in [5.74, 6) is 0.252. The molecule has 0 bridgehead atoms. The lowest BCUT2D eigenvalue weighted by Crippen LogP contribution is -1.87. The summed E-state index contributed by atoms with van der Waals surface area (Å²) in [5.41, 5.74) is 2.26. The number of halogens is 1. The van der Waals surface area contributed by atoms with Crippen LogP contribution in [0.25, 0.3) is 11.1 Å². The average molecular weight is 358 g/mol. The molecule has 0 heterocycles. The van der Waals surface area contributed by atoms with Crippen LogP contribution < -0.4 is 3.07 Å². The first-order valence-electron chi connectivity index (χ1n) is 5.17. The minimum absolute atomic E-state index is 0.0785. The fourth-order valence-corrected chi connectivity index (χ4v) is 2.20. The van der Waals surface area contributed by atoms with Crippen LogP contribution in [0.1, 0.15) is 5.56 Å². The largest absolute Gasteiger partial charge is 0.508 e. The van der Waals surface area contributed by atoms with E-state index in [1.54, 1.807) is 35.1 Å². The van der Waals surface area contributed by atoms with Crippen LogP contribution in [0.4, 0.5) is 0 Å². The standard InChI is InChI=1S/C13H11IO4/c1-7-10(5-9(15)6-13(7)18-14)8-2-3-11(16)12(17)4-8/h2-6,15-17H,1H3. The van der Waals surface area contributed by atoms with Crippen molar-refractivity contribution in [2.45, 2.75) is 6.92 Å². The van der Waals surface area contributed by atoms with E-state index in [4.69, 9.17) is 3.07 Å². The molecule has 0 aliphatic heterocycles. The molecule has 0 aliphatic rings. The predicted octanol–water partition coefficient (Wildman–Crippen LogP) is 3.51. The van der Waals surface area contributed by atoms with Gasteiger partial charge in [-0.25, -0.2) is 0 Å². The zero-order valence-electron chi connectivity index (χ0n) is 9.51. The van der Waals surface area contributed by atoms with E-state index >= 15 is 0 Å². The Labute approximate surface area is 118 Å². The molecule has 0 atom stereocenters. The summed E-state index contributed by atoms with van der Waals surface area (Å²) in [4.78, 5) is 0. The molecule has 2 rings (SSSR count). The molecule has 0 spiro atoms. The monoisotopic (exact) mass is 358 g/mol. The van der Waals surface area contributed by atoms with Crippen molar-refractivity contribution < 1.29 is 18.4 Å².